The SMILES string of the molecule is CCc1nc(S(=O)(=O)Nc2nsc(-c3ccccc3)n2)cn1CC1CC1. The second-order valence-electron chi connectivity index (χ2n) is 6.34. The van der Waals surface area contributed by atoms with E-state index in [-0.39, 0.29) is 11.0 Å². The molecule has 2 aromatic heterocycles. The third-order valence-electron chi connectivity index (χ3n) is 4.25. The van der Waals surface area contributed by atoms with Gasteiger partial charge in [0.1, 0.15) is 10.8 Å². The fourth-order valence-corrected chi connectivity index (χ4v) is 4.33. The quantitative estimate of drug-likeness (QED) is 0.670. The molecule has 1 aromatic carbocycles. The molecule has 4 rings (SSSR count). The second kappa shape index (κ2) is 6.81. The number of imidazole rings is 1. The number of anilines is 1. The van der Waals surface area contributed by atoms with E-state index in [1.165, 1.54) is 12.8 Å². The van der Waals surface area contributed by atoms with Crippen molar-refractivity contribution in [3.05, 3.63) is 42.4 Å². The summed E-state index contributed by atoms with van der Waals surface area (Å²) in [7, 11) is -3.81. The lowest BCUT2D eigenvalue weighted by Gasteiger charge is -2.03. The zero-order chi connectivity index (χ0) is 18.1. The lowest BCUT2D eigenvalue weighted by Crippen LogP contribution is -2.14. The minimum absolute atomic E-state index is 0.0195. The van der Waals surface area contributed by atoms with Gasteiger partial charge in [-0.25, -0.2) is 9.71 Å². The monoisotopic (exact) mass is 389 g/mol. The molecule has 9 heteroatoms. The molecule has 1 N–H and O–H groups in total. The zero-order valence-electron chi connectivity index (χ0n) is 14.3. The van der Waals surface area contributed by atoms with E-state index in [4.69, 9.17) is 0 Å². The first-order chi connectivity index (χ1) is 12.5. The molecule has 1 aliphatic carbocycles. The van der Waals surface area contributed by atoms with Crippen molar-refractivity contribution in [2.45, 2.75) is 37.8 Å². The molecule has 0 spiro atoms. The van der Waals surface area contributed by atoms with Crippen LogP contribution in [0.1, 0.15) is 25.6 Å². The van der Waals surface area contributed by atoms with E-state index < -0.39 is 10.0 Å². The summed E-state index contributed by atoms with van der Waals surface area (Å²) in [5.74, 6) is 1.50. The van der Waals surface area contributed by atoms with Crippen LogP contribution in [0.2, 0.25) is 0 Å². The molecule has 7 nitrogen and oxygen atoms in total. The summed E-state index contributed by atoms with van der Waals surface area (Å²) in [5, 5.41) is 0.683. The molecular weight excluding hydrogens is 370 g/mol. The highest BCUT2D eigenvalue weighted by Gasteiger charge is 2.26. The minimum Gasteiger partial charge on any atom is -0.333 e. The molecule has 0 unspecified atom stereocenters. The van der Waals surface area contributed by atoms with Crippen molar-refractivity contribution in [1.29, 1.82) is 0 Å². The van der Waals surface area contributed by atoms with Crippen LogP contribution < -0.4 is 4.72 Å². The number of sulfonamides is 1. The molecule has 26 heavy (non-hydrogen) atoms. The van der Waals surface area contributed by atoms with Gasteiger partial charge in [-0.05, 0) is 30.3 Å². The van der Waals surface area contributed by atoms with E-state index in [2.05, 4.69) is 19.1 Å². The lowest BCUT2D eigenvalue weighted by molar-refractivity contribution is 0.594. The fraction of sp³-hybridized carbons (Fsp3) is 0.353. The molecule has 0 atom stereocenters. The van der Waals surface area contributed by atoms with E-state index in [0.717, 1.165) is 29.5 Å². The van der Waals surface area contributed by atoms with Gasteiger partial charge in [-0.3, -0.25) is 0 Å². The Bertz CT molecular complexity index is 1010. The highest BCUT2D eigenvalue weighted by molar-refractivity contribution is 7.92. The van der Waals surface area contributed by atoms with Gasteiger partial charge in [-0.2, -0.15) is 17.8 Å². The molecule has 136 valence electrons. The van der Waals surface area contributed by atoms with Crippen LogP contribution in [0, 0.1) is 5.92 Å². The first-order valence-electron chi connectivity index (χ1n) is 8.53. The average molecular weight is 390 g/mol. The maximum atomic E-state index is 12.7. The van der Waals surface area contributed by atoms with Gasteiger partial charge in [0.05, 0.1) is 0 Å². The van der Waals surface area contributed by atoms with Gasteiger partial charge >= 0.3 is 0 Å². The second-order valence-corrected chi connectivity index (χ2v) is 8.72. The number of rotatable bonds is 7. The first-order valence-corrected chi connectivity index (χ1v) is 10.8. The maximum absolute atomic E-state index is 12.7. The Labute approximate surface area is 156 Å². The van der Waals surface area contributed by atoms with Crippen molar-refractivity contribution in [1.82, 2.24) is 18.9 Å². The number of benzene rings is 1. The van der Waals surface area contributed by atoms with E-state index in [0.29, 0.717) is 17.3 Å². The molecule has 2 heterocycles. The summed E-state index contributed by atoms with van der Waals surface area (Å²) in [6.07, 6.45) is 4.71. The minimum atomic E-state index is -3.81. The first kappa shape index (κ1) is 17.2. The Kier molecular flexibility index (Phi) is 4.49. The number of aromatic nitrogens is 4. The summed E-state index contributed by atoms with van der Waals surface area (Å²) in [6, 6.07) is 9.54. The molecule has 0 radical (unpaired) electrons. The van der Waals surface area contributed by atoms with Crippen LogP contribution in [-0.2, 0) is 23.0 Å². The van der Waals surface area contributed by atoms with Gasteiger partial charge in [0, 0.05) is 24.7 Å². The lowest BCUT2D eigenvalue weighted by atomic mass is 10.2. The standard InChI is InChI=1S/C17H19N5O2S2/c1-2-14-18-15(11-22(14)10-12-8-9-12)26(23,24)21-17-19-16(25-20-17)13-6-4-3-5-7-13/h3-7,11-12H,2,8-10H2,1H3,(H,20,21). The van der Waals surface area contributed by atoms with Crippen LogP contribution in [-0.4, -0.2) is 27.3 Å². The molecule has 1 aliphatic rings. The van der Waals surface area contributed by atoms with Crippen LogP contribution in [0.15, 0.2) is 41.6 Å². The topological polar surface area (TPSA) is 89.8 Å². The molecule has 0 saturated heterocycles. The maximum Gasteiger partial charge on any atom is 0.283 e. The van der Waals surface area contributed by atoms with Gasteiger partial charge in [0.15, 0.2) is 5.03 Å². The summed E-state index contributed by atoms with van der Waals surface area (Å²) < 4.78 is 33.8. The van der Waals surface area contributed by atoms with Crippen LogP contribution in [0.3, 0.4) is 0 Å². The van der Waals surface area contributed by atoms with Crippen molar-refractivity contribution in [2.24, 2.45) is 5.92 Å². The summed E-state index contributed by atoms with van der Waals surface area (Å²) in [4.78, 5) is 8.58. The zero-order valence-corrected chi connectivity index (χ0v) is 15.9. The Morgan fingerprint density at radius 1 is 1.23 bits per heavy atom. The number of nitrogens with zero attached hydrogens (tertiary/aromatic N) is 4. The number of hydrogen-bond donors (Lipinski definition) is 1. The summed E-state index contributed by atoms with van der Waals surface area (Å²) in [6.45, 7) is 2.81. The van der Waals surface area contributed by atoms with Gasteiger partial charge < -0.3 is 4.57 Å². The van der Waals surface area contributed by atoms with Gasteiger partial charge in [0.2, 0.25) is 5.95 Å². The third kappa shape index (κ3) is 3.63. The Hall–Kier alpha value is -2.26. The molecule has 3 aromatic rings. The van der Waals surface area contributed by atoms with Crippen molar-refractivity contribution in [3.63, 3.8) is 0 Å². The Balaban J connectivity index is 1.56. The summed E-state index contributed by atoms with van der Waals surface area (Å²) in [5.41, 5.74) is 0.900. The predicted octanol–water partition coefficient (Wildman–Crippen LogP) is 3.17. The van der Waals surface area contributed by atoms with Crippen molar-refractivity contribution in [3.8, 4) is 10.6 Å². The van der Waals surface area contributed by atoms with E-state index in [1.807, 2.05) is 41.8 Å². The third-order valence-corrected chi connectivity index (χ3v) is 6.22. The molecular formula is C17H19N5O2S2. The highest BCUT2D eigenvalue weighted by Crippen LogP contribution is 2.31. The molecule has 1 saturated carbocycles. The highest BCUT2D eigenvalue weighted by atomic mass is 32.2. The average Bonchev–Trinajstić information content (AvgIpc) is 3.16. The van der Waals surface area contributed by atoms with Crippen molar-refractivity contribution in [2.75, 3.05) is 4.72 Å². The Morgan fingerprint density at radius 2 is 2.00 bits per heavy atom. The van der Waals surface area contributed by atoms with Crippen LogP contribution in [0.4, 0.5) is 5.95 Å². The number of aryl methyl sites for hydroxylation is 1. The van der Waals surface area contributed by atoms with Crippen LogP contribution in [0.5, 0.6) is 0 Å². The molecule has 0 aliphatic heterocycles. The van der Waals surface area contributed by atoms with Crippen LogP contribution in [0.25, 0.3) is 10.6 Å². The van der Waals surface area contributed by atoms with Crippen LogP contribution >= 0.6 is 11.5 Å². The van der Waals surface area contributed by atoms with Crippen molar-refractivity contribution >= 4 is 27.5 Å². The normalized spacial score (nSPS) is 14.5. The van der Waals surface area contributed by atoms with E-state index in [9.17, 15) is 8.42 Å². The number of nitrogens with one attached hydrogen (secondary N) is 1. The van der Waals surface area contributed by atoms with E-state index >= 15 is 0 Å². The molecule has 0 bridgehead atoms. The molecule has 1 fully saturated rings. The largest absolute Gasteiger partial charge is 0.333 e. The fourth-order valence-electron chi connectivity index (χ4n) is 2.71. The smallest absolute Gasteiger partial charge is 0.283 e. The Morgan fingerprint density at radius 3 is 2.69 bits per heavy atom. The van der Waals surface area contributed by atoms with Gasteiger partial charge in [-0.15, -0.1) is 0 Å². The van der Waals surface area contributed by atoms with E-state index in [1.54, 1.807) is 6.20 Å². The molecule has 0 amide bonds. The predicted molar refractivity (Wildman–Crippen MR) is 100 cm³/mol. The van der Waals surface area contributed by atoms with Gasteiger partial charge in [0.25, 0.3) is 10.0 Å². The summed E-state index contributed by atoms with van der Waals surface area (Å²) >= 11 is 1.15. The van der Waals surface area contributed by atoms with Gasteiger partial charge in [-0.1, -0.05) is 37.3 Å². The number of hydrogen-bond acceptors (Lipinski definition) is 6. The van der Waals surface area contributed by atoms with Crippen molar-refractivity contribution < 1.29 is 8.42 Å².